The maximum atomic E-state index is 5.86. The average molecular weight is 212 g/mol. The summed E-state index contributed by atoms with van der Waals surface area (Å²) in [6.45, 7) is 0. The second-order valence-corrected chi connectivity index (χ2v) is 3.62. The third-order valence-electron chi connectivity index (χ3n) is 1.60. The van der Waals surface area contributed by atoms with Crippen molar-refractivity contribution >= 4 is 28.8 Å². The summed E-state index contributed by atoms with van der Waals surface area (Å²) < 4.78 is 0. The molecule has 0 radical (unpaired) electrons. The summed E-state index contributed by atoms with van der Waals surface area (Å²) in [5, 5.41) is 11.7. The van der Waals surface area contributed by atoms with E-state index in [1.807, 2.05) is 16.8 Å². The summed E-state index contributed by atoms with van der Waals surface area (Å²) in [5.74, 6) is 0.380. The van der Waals surface area contributed by atoms with Gasteiger partial charge in [0.1, 0.15) is 5.82 Å². The Hall–Kier alpha value is -1.13. The van der Waals surface area contributed by atoms with E-state index in [4.69, 9.17) is 17.3 Å². The minimum absolute atomic E-state index is 0.380. The van der Waals surface area contributed by atoms with Crippen LogP contribution in [0, 0.1) is 0 Å². The van der Waals surface area contributed by atoms with Crippen LogP contribution in [0.25, 0.3) is 11.1 Å². The predicted octanol–water partition coefficient (Wildman–Crippen LogP) is 2.44. The molecule has 3 nitrogen and oxygen atoms in total. The van der Waals surface area contributed by atoms with Gasteiger partial charge in [0.05, 0.1) is 0 Å². The Morgan fingerprint density at radius 3 is 2.92 bits per heavy atom. The number of anilines is 1. The zero-order valence-electron chi connectivity index (χ0n) is 6.57. The molecule has 0 aromatic carbocycles. The smallest absolute Gasteiger partial charge is 0.159 e. The zero-order valence-corrected chi connectivity index (χ0v) is 8.14. The van der Waals surface area contributed by atoms with E-state index in [-0.39, 0.29) is 0 Å². The van der Waals surface area contributed by atoms with Crippen molar-refractivity contribution in [3.8, 4) is 11.1 Å². The van der Waals surface area contributed by atoms with E-state index >= 15 is 0 Å². The highest BCUT2D eigenvalue weighted by Gasteiger charge is 2.05. The Morgan fingerprint density at radius 2 is 2.23 bits per heavy atom. The molecule has 2 rings (SSSR count). The van der Waals surface area contributed by atoms with E-state index in [0.717, 1.165) is 11.1 Å². The van der Waals surface area contributed by atoms with Crippen LogP contribution in [-0.4, -0.2) is 10.2 Å². The van der Waals surface area contributed by atoms with Crippen molar-refractivity contribution < 1.29 is 0 Å². The highest BCUT2D eigenvalue weighted by Crippen LogP contribution is 2.28. The lowest BCUT2D eigenvalue weighted by atomic mass is 10.2. The van der Waals surface area contributed by atoms with Gasteiger partial charge in [-0.15, -0.1) is 10.2 Å². The number of hydrogen-bond acceptors (Lipinski definition) is 4. The molecule has 0 aliphatic carbocycles. The molecule has 5 heteroatoms. The van der Waals surface area contributed by atoms with Crippen molar-refractivity contribution in [2.24, 2.45) is 0 Å². The first-order valence-corrected chi connectivity index (χ1v) is 4.91. The number of nitrogens with zero attached hydrogens (tertiary/aromatic N) is 2. The fraction of sp³-hybridized carbons (Fsp3) is 0. The fourth-order valence-electron chi connectivity index (χ4n) is 1.01. The van der Waals surface area contributed by atoms with Crippen LogP contribution in [0.3, 0.4) is 0 Å². The van der Waals surface area contributed by atoms with Gasteiger partial charge in [0, 0.05) is 5.56 Å². The number of nitrogen functional groups attached to an aromatic ring is 1. The van der Waals surface area contributed by atoms with E-state index < -0.39 is 0 Å². The lowest BCUT2D eigenvalue weighted by Gasteiger charge is -1.99. The van der Waals surface area contributed by atoms with Crippen LogP contribution >= 0.6 is 22.9 Å². The zero-order chi connectivity index (χ0) is 9.26. The Bertz CT molecular complexity index is 413. The van der Waals surface area contributed by atoms with Gasteiger partial charge in [-0.1, -0.05) is 11.6 Å². The highest BCUT2D eigenvalue weighted by molar-refractivity contribution is 7.08. The molecular weight excluding hydrogens is 206 g/mol. The molecule has 2 N–H and O–H groups in total. The second kappa shape index (κ2) is 3.32. The number of nitrogens with two attached hydrogens (primary N) is 1. The first-order chi connectivity index (χ1) is 6.27. The number of thiophene rings is 1. The molecule has 2 aromatic heterocycles. The van der Waals surface area contributed by atoms with Gasteiger partial charge in [-0.3, -0.25) is 0 Å². The Morgan fingerprint density at radius 1 is 1.38 bits per heavy atom. The van der Waals surface area contributed by atoms with Gasteiger partial charge in [-0.05, 0) is 28.5 Å². The van der Waals surface area contributed by atoms with Crippen molar-refractivity contribution in [3.63, 3.8) is 0 Å². The molecule has 0 bridgehead atoms. The standard InChI is InChI=1S/C8H6ClN3S/c9-8-6(3-7(10)11-12-8)5-1-2-13-4-5/h1-4H,(H2,10,11). The van der Waals surface area contributed by atoms with Gasteiger partial charge in [0.25, 0.3) is 0 Å². The first-order valence-electron chi connectivity index (χ1n) is 3.58. The number of halogens is 1. The highest BCUT2D eigenvalue weighted by atomic mass is 35.5. The minimum atomic E-state index is 0.380. The molecular formula is C8H6ClN3S. The van der Waals surface area contributed by atoms with Crippen LogP contribution in [-0.2, 0) is 0 Å². The van der Waals surface area contributed by atoms with E-state index in [1.165, 1.54) is 0 Å². The summed E-state index contributed by atoms with van der Waals surface area (Å²) in [4.78, 5) is 0. The SMILES string of the molecule is Nc1cc(-c2ccsc2)c(Cl)nn1. The van der Waals surface area contributed by atoms with Crippen LogP contribution in [0.2, 0.25) is 5.15 Å². The molecule has 0 saturated carbocycles. The summed E-state index contributed by atoms with van der Waals surface area (Å²) in [7, 11) is 0. The topological polar surface area (TPSA) is 51.8 Å². The van der Waals surface area contributed by atoms with Gasteiger partial charge in [0.2, 0.25) is 0 Å². The predicted molar refractivity (Wildman–Crippen MR) is 54.8 cm³/mol. The van der Waals surface area contributed by atoms with Gasteiger partial charge in [-0.2, -0.15) is 11.3 Å². The van der Waals surface area contributed by atoms with E-state index in [2.05, 4.69) is 10.2 Å². The molecule has 0 atom stereocenters. The van der Waals surface area contributed by atoms with Gasteiger partial charge in [-0.25, -0.2) is 0 Å². The quantitative estimate of drug-likeness (QED) is 0.788. The second-order valence-electron chi connectivity index (χ2n) is 2.49. The van der Waals surface area contributed by atoms with Crippen molar-refractivity contribution in [2.45, 2.75) is 0 Å². The molecule has 13 heavy (non-hydrogen) atoms. The van der Waals surface area contributed by atoms with Gasteiger partial charge >= 0.3 is 0 Å². The molecule has 0 fully saturated rings. The molecule has 2 heterocycles. The maximum Gasteiger partial charge on any atom is 0.159 e. The van der Waals surface area contributed by atoms with Crippen molar-refractivity contribution in [1.29, 1.82) is 0 Å². The Kier molecular flexibility index (Phi) is 2.16. The van der Waals surface area contributed by atoms with E-state index in [1.54, 1.807) is 17.4 Å². The molecule has 0 aliphatic rings. The molecule has 2 aromatic rings. The minimum Gasteiger partial charge on any atom is -0.382 e. The van der Waals surface area contributed by atoms with Crippen molar-refractivity contribution in [2.75, 3.05) is 5.73 Å². The molecule has 0 amide bonds. The number of hydrogen-bond donors (Lipinski definition) is 1. The average Bonchev–Trinajstić information content (AvgIpc) is 2.61. The van der Waals surface area contributed by atoms with Gasteiger partial charge < -0.3 is 5.73 Å². The summed E-state index contributed by atoms with van der Waals surface area (Å²) >= 11 is 7.46. The largest absolute Gasteiger partial charge is 0.382 e. The summed E-state index contributed by atoms with van der Waals surface area (Å²) in [5.41, 5.74) is 7.36. The van der Waals surface area contributed by atoms with Gasteiger partial charge in [0.15, 0.2) is 5.15 Å². The monoisotopic (exact) mass is 211 g/mol. The van der Waals surface area contributed by atoms with Crippen molar-refractivity contribution in [1.82, 2.24) is 10.2 Å². The number of rotatable bonds is 1. The van der Waals surface area contributed by atoms with E-state index in [0.29, 0.717) is 11.0 Å². The first kappa shape index (κ1) is 8.47. The van der Waals surface area contributed by atoms with Crippen LogP contribution in [0.15, 0.2) is 22.9 Å². The molecule has 0 saturated heterocycles. The molecule has 66 valence electrons. The third kappa shape index (κ3) is 1.64. The fourth-order valence-corrected chi connectivity index (χ4v) is 1.87. The van der Waals surface area contributed by atoms with Crippen LogP contribution in [0.1, 0.15) is 0 Å². The normalized spacial score (nSPS) is 10.2. The Balaban J connectivity index is 2.57. The molecule has 0 spiro atoms. The lowest BCUT2D eigenvalue weighted by Crippen LogP contribution is -1.94. The molecule has 0 aliphatic heterocycles. The maximum absolute atomic E-state index is 5.86. The number of aromatic nitrogens is 2. The van der Waals surface area contributed by atoms with Crippen LogP contribution < -0.4 is 5.73 Å². The third-order valence-corrected chi connectivity index (χ3v) is 2.56. The summed E-state index contributed by atoms with van der Waals surface area (Å²) in [6.07, 6.45) is 0. The lowest BCUT2D eigenvalue weighted by molar-refractivity contribution is 1.04. The van der Waals surface area contributed by atoms with E-state index in [9.17, 15) is 0 Å². The van der Waals surface area contributed by atoms with Crippen LogP contribution in [0.4, 0.5) is 5.82 Å². The van der Waals surface area contributed by atoms with Crippen LogP contribution in [0.5, 0.6) is 0 Å². The molecule has 0 unspecified atom stereocenters. The summed E-state index contributed by atoms with van der Waals surface area (Å²) in [6, 6.07) is 3.68. The van der Waals surface area contributed by atoms with Crippen molar-refractivity contribution in [3.05, 3.63) is 28.0 Å². The Labute approximate surface area is 84.2 Å².